The Balaban J connectivity index is 2.29. The first-order chi connectivity index (χ1) is 13.0. The molecule has 0 aliphatic heterocycles. The molecule has 3 aromatic rings. The van der Waals surface area contributed by atoms with Crippen molar-refractivity contribution in [3.63, 3.8) is 0 Å². The van der Waals surface area contributed by atoms with Crippen LogP contribution in [0.3, 0.4) is 0 Å². The summed E-state index contributed by atoms with van der Waals surface area (Å²) < 4.78 is 11.1. The van der Waals surface area contributed by atoms with Gasteiger partial charge in [0.05, 0.1) is 30.4 Å². The van der Waals surface area contributed by atoms with Gasteiger partial charge in [-0.3, -0.25) is 14.7 Å². The quantitative estimate of drug-likeness (QED) is 0.375. The first-order valence-corrected chi connectivity index (χ1v) is 8.43. The number of carbonyl (C=O) groups is 2. The number of nitro benzene ring substituents is 1. The number of esters is 2. The third-order valence-electron chi connectivity index (χ3n) is 3.77. The Morgan fingerprint density at radius 1 is 1.15 bits per heavy atom. The summed E-state index contributed by atoms with van der Waals surface area (Å²) in [5, 5.41) is 13.0. The molecule has 0 radical (unpaired) electrons. The second-order valence-electron chi connectivity index (χ2n) is 5.23. The second kappa shape index (κ2) is 7.38. The zero-order chi connectivity index (χ0) is 19.6. The molecule has 0 fully saturated rings. The van der Waals surface area contributed by atoms with Crippen molar-refractivity contribution in [3.05, 3.63) is 63.3 Å². The number of methoxy groups -OCH3 is 2. The Bertz CT molecular complexity index is 1010. The van der Waals surface area contributed by atoms with Gasteiger partial charge in [-0.15, -0.1) is 11.3 Å². The highest BCUT2D eigenvalue weighted by Crippen LogP contribution is 2.32. The van der Waals surface area contributed by atoms with Crippen molar-refractivity contribution in [1.82, 2.24) is 9.55 Å². The van der Waals surface area contributed by atoms with E-state index in [0.29, 0.717) is 16.4 Å². The van der Waals surface area contributed by atoms with Gasteiger partial charge in [-0.05, 0) is 23.8 Å². The van der Waals surface area contributed by atoms with Crippen molar-refractivity contribution < 1.29 is 24.0 Å². The van der Waals surface area contributed by atoms with Crippen LogP contribution >= 0.6 is 11.3 Å². The molecule has 0 aliphatic carbocycles. The number of benzene rings is 1. The summed E-state index contributed by atoms with van der Waals surface area (Å²) in [5.74, 6) is -1.45. The predicted octanol–water partition coefficient (Wildman–Crippen LogP) is 3.08. The lowest BCUT2D eigenvalue weighted by atomic mass is 10.1. The topological polar surface area (TPSA) is 114 Å². The van der Waals surface area contributed by atoms with Gasteiger partial charge in [-0.25, -0.2) is 14.6 Å². The van der Waals surface area contributed by atoms with Gasteiger partial charge >= 0.3 is 11.9 Å². The zero-order valence-electron chi connectivity index (χ0n) is 14.2. The molecule has 1 aromatic carbocycles. The number of non-ortho nitro benzene ring substituents is 1. The third kappa shape index (κ3) is 3.29. The van der Waals surface area contributed by atoms with Crippen molar-refractivity contribution in [2.75, 3.05) is 14.2 Å². The molecule has 0 amide bonds. The average Bonchev–Trinajstić information content (AvgIpc) is 3.34. The minimum Gasteiger partial charge on any atom is -0.465 e. The lowest BCUT2D eigenvalue weighted by molar-refractivity contribution is -0.384. The standard InChI is InChI=1S/C17H13N3O6S/c1-25-15(21)12-9-13(10-3-5-11(6-4-10)20(23)24)19(14(12)16(22)26-2)17-18-7-8-27-17/h3-9H,1-2H3. The molecule has 0 aliphatic rings. The monoisotopic (exact) mass is 387 g/mol. The highest BCUT2D eigenvalue weighted by atomic mass is 32.1. The molecule has 0 bridgehead atoms. The van der Waals surface area contributed by atoms with E-state index in [-0.39, 0.29) is 16.9 Å². The van der Waals surface area contributed by atoms with Crippen molar-refractivity contribution in [3.8, 4) is 16.4 Å². The molecule has 27 heavy (non-hydrogen) atoms. The fraction of sp³-hybridized carbons (Fsp3) is 0.118. The lowest BCUT2D eigenvalue weighted by Gasteiger charge is -2.10. The molecule has 9 nitrogen and oxygen atoms in total. The van der Waals surface area contributed by atoms with E-state index >= 15 is 0 Å². The van der Waals surface area contributed by atoms with E-state index in [2.05, 4.69) is 4.98 Å². The second-order valence-corrected chi connectivity index (χ2v) is 6.10. The third-order valence-corrected chi connectivity index (χ3v) is 4.53. The van der Waals surface area contributed by atoms with E-state index in [1.165, 1.54) is 60.5 Å². The SMILES string of the molecule is COC(=O)c1cc(-c2ccc([N+](=O)[O-])cc2)n(-c2nccs2)c1C(=O)OC. The van der Waals surface area contributed by atoms with Crippen LogP contribution in [0.1, 0.15) is 20.8 Å². The smallest absolute Gasteiger partial charge is 0.356 e. The average molecular weight is 387 g/mol. The van der Waals surface area contributed by atoms with Crippen LogP contribution in [-0.2, 0) is 9.47 Å². The summed E-state index contributed by atoms with van der Waals surface area (Å²) >= 11 is 1.25. The van der Waals surface area contributed by atoms with Gasteiger partial charge in [0.25, 0.3) is 5.69 Å². The molecule has 10 heteroatoms. The van der Waals surface area contributed by atoms with Crippen molar-refractivity contribution in [2.24, 2.45) is 0 Å². The molecular formula is C17H13N3O6S. The number of nitrogens with zero attached hydrogens (tertiary/aromatic N) is 3. The molecule has 0 saturated carbocycles. The molecule has 0 unspecified atom stereocenters. The maximum absolute atomic E-state index is 12.4. The van der Waals surface area contributed by atoms with Gasteiger partial charge in [0.2, 0.25) is 0 Å². The number of ether oxygens (including phenoxy) is 2. The predicted molar refractivity (Wildman–Crippen MR) is 96.2 cm³/mol. The number of aromatic nitrogens is 2. The lowest BCUT2D eigenvalue weighted by Crippen LogP contribution is -2.15. The van der Waals surface area contributed by atoms with Gasteiger partial charge in [0.1, 0.15) is 5.69 Å². The minimum absolute atomic E-state index is 0.00732. The first kappa shape index (κ1) is 18.3. The van der Waals surface area contributed by atoms with Crippen LogP contribution in [0, 0.1) is 10.1 Å². The summed E-state index contributed by atoms with van der Waals surface area (Å²) in [4.78, 5) is 39.2. The Kier molecular flexibility index (Phi) is 4.99. The van der Waals surface area contributed by atoms with Crippen LogP contribution in [0.5, 0.6) is 0 Å². The normalized spacial score (nSPS) is 10.4. The molecule has 0 saturated heterocycles. The van der Waals surface area contributed by atoms with Crippen molar-refractivity contribution >= 4 is 29.0 Å². The summed E-state index contributed by atoms with van der Waals surface area (Å²) in [6, 6.07) is 7.20. The highest BCUT2D eigenvalue weighted by molar-refractivity contribution is 7.12. The molecule has 138 valence electrons. The largest absolute Gasteiger partial charge is 0.465 e. The minimum atomic E-state index is -0.737. The van der Waals surface area contributed by atoms with Gasteiger partial charge in [0.15, 0.2) is 5.13 Å². The van der Waals surface area contributed by atoms with Crippen LogP contribution in [0.25, 0.3) is 16.4 Å². The van der Waals surface area contributed by atoms with E-state index < -0.39 is 16.9 Å². The maximum Gasteiger partial charge on any atom is 0.356 e. The molecule has 0 atom stereocenters. The Morgan fingerprint density at radius 3 is 2.33 bits per heavy atom. The fourth-order valence-electron chi connectivity index (χ4n) is 2.57. The number of thiazole rings is 1. The van der Waals surface area contributed by atoms with Crippen LogP contribution < -0.4 is 0 Å². The van der Waals surface area contributed by atoms with Crippen LogP contribution in [0.15, 0.2) is 41.9 Å². The Labute approximate surface area is 156 Å². The van der Waals surface area contributed by atoms with Gasteiger partial charge in [-0.2, -0.15) is 0 Å². The summed E-state index contributed by atoms with van der Waals surface area (Å²) in [7, 11) is 2.41. The van der Waals surface area contributed by atoms with E-state index in [9.17, 15) is 19.7 Å². The molecule has 0 spiro atoms. The summed E-state index contributed by atoms with van der Waals surface area (Å²) in [5.41, 5.74) is 0.893. The van der Waals surface area contributed by atoms with Gasteiger partial charge in [0, 0.05) is 23.7 Å². The number of rotatable bonds is 5. The van der Waals surface area contributed by atoms with E-state index in [0.717, 1.165) is 0 Å². The van der Waals surface area contributed by atoms with E-state index in [1.54, 1.807) is 11.6 Å². The zero-order valence-corrected chi connectivity index (χ0v) is 15.1. The van der Waals surface area contributed by atoms with Crippen LogP contribution in [-0.4, -0.2) is 40.6 Å². The fourth-order valence-corrected chi connectivity index (χ4v) is 3.23. The van der Waals surface area contributed by atoms with Crippen molar-refractivity contribution in [2.45, 2.75) is 0 Å². The summed E-state index contributed by atoms with van der Waals surface area (Å²) in [6.45, 7) is 0. The van der Waals surface area contributed by atoms with Crippen molar-refractivity contribution in [1.29, 1.82) is 0 Å². The van der Waals surface area contributed by atoms with Crippen LogP contribution in [0.4, 0.5) is 5.69 Å². The molecule has 0 N–H and O–H groups in total. The number of nitro groups is 1. The van der Waals surface area contributed by atoms with Gasteiger partial charge < -0.3 is 9.47 Å². The maximum atomic E-state index is 12.4. The molecular weight excluding hydrogens is 374 g/mol. The van der Waals surface area contributed by atoms with Crippen LogP contribution in [0.2, 0.25) is 0 Å². The number of carbonyl (C=O) groups excluding carboxylic acids is 2. The molecule has 2 heterocycles. The van der Waals surface area contributed by atoms with Gasteiger partial charge in [-0.1, -0.05) is 0 Å². The van der Waals surface area contributed by atoms with E-state index in [1.807, 2.05) is 0 Å². The number of hydrogen-bond donors (Lipinski definition) is 0. The first-order valence-electron chi connectivity index (χ1n) is 7.55. The highest BCUT2D eigenvalue weighted by Gasteiger charge is 2.29. The van der Waals surface area contributed by atoms with E-state index in [4.69, 9.17) is 9.47 Å². The molecule has 3 rings (SSSR count). The Morgan fingerprint density at radius 2 is 1.81 bits per heavy atom. The Hall–Kier alpha value is -3.53. The molecule has 2 aromatic heterocycles. The summed E-state index contributed by atoms with van der Waals surface area (Å²) in [6.07, 6.45) is 1.55. The number of hydrogen-bond acceptors (Lipinski definition) is 8.